The topological polar surface area (TPSA) is 95.6 Å². The number of carbonyl (C=O) groups excluding carboxylic acids is 1. The second kappa shape index (κ2) is 6.46. The molecule has 0 aliphatic heterocycles. The number of hydrogen-bond acceptors (Lipinski definition) is 6. The molecule has 6 nitrogen and oxygen atoms in total. The van der Waals surface area contributed by atoms with Gasteiger partial charge in [-0.2, -0.15) is 0 Å². The highest BCUT2D eigenvalue weighted by Gasteiger charge is 2.13. The van der Waals surface area contributed by atoms with Gasteiger partial charge in [0.15, 0.2) is 10.8 Å². The number of aromatic nitrogens is 1. The van der Waals surface area contributed by atoms with Crippen molar-refractivity contribution >= 4 is 17.2 Å². The van der Waals surface area contributed by atoms with Crippen LogP contribution in [0, 0.1) is 0 Å². The lowest BCUT2D eigenvalue weighted by atomic mass is 10.2. The van der Waals surface area contributed by atoms with E-state index >= 15 is 0 Å². The molecule has 19 heavy (non-hydrogen) atoms. The van der Waals surface area contributed by atoms with Crippen molar-refractivity contribution in [2.75, 3.05) is 13.2 Å². The Bertz CT molecular complexity index is 520. The fourth-order valence-electron chi connectivity index (χ4n) is 1.49. The lowest BCUT2D eigenvalue weighted by molar-refractivity contribution is -0.121. The largest absolute Gasteiger partial charge is 0.462 e. The maximum absolute atomic E-state index is 11.6. The summed E-state index contributed by atoms with van der Waals surface area (Å²) in [4.78, 5) is 15.9. The number of nitrogens with zero attached hydrogens (tertiary/aromatic N) is 1. The van der Waals surface area contributed by atoms with Gasteiger partial charge in [0.05, 0.1) is 37.6 Å². The van der Waals surface area contributed by atoms with E-state index in [1.165, 1.54) is 11.3 Å². The number of aliphatic hydroxyl groups is 2. The van der Waals surface area contributed by atoms with Crippen molar-refractivity contribution in [1.82, 2.24) is 10.3 Å². The Kier molecular flexibility index (Phi) is 4.67. The van der Waals surface area contributed by atoms with Gasteiger partial charge in [-0.05, 0) is 12.1 Å². The van der Waals surface area contributed by atoms with Crippen molar-refractivity contribution in [3.8, 4) is 10.8 Å². The minimum Gasteiger partial charge on any atom is -0.462 e. The first-order chi connectivity index (χ1) is 9.22. The first-order valence-corrected chi connectivity index (χ1v) is 6.60. The van der Waals surface area contributed by atoms with Gasteiger partial charge in [0.2, 0.25) is 5.91 Å². The van der Waals surface area contributed by atoms with E-state index < -0.39 is 6.04 Å². The van der Waals surface area contributed by atoms with Crippen LogP contribution < -0.4 is 5.32 Å². The number of nitrogens with one attached hydrogen (secondary N) is 1. The number of carbonyl (C=O) groups is 1. The molecule has 3 N–H and O–H groups in total. The molecule has 0 atom stereocenters. The molecule has 102 valence electrons. The van der Waals surface area contributed by atoms with E-state index in [-0.39, 0.29) is 25.5 Å². The zero-order valence-electron chi connectivity index (χ0n) is 10.1. The zero-order valence-corrected chi connectivity index (χ0v) is 10.9. The summed E-state index contributed by atoms with van der Waals surface area (Å²) < 4.78 is 5.22. The highest BCUT2D eigenvalue weighted by atomic mass is 32.1. The quantitative estimate of drug-likeness (QED) is 0.713. The monoisotopic (exact) mass is 282 g/mol. The Morgan fingerprint density at radius 1 is 1.47 bits per heavy atom. The highest BCUT2D eigenvalue weighted by Crippen LogP contribution is 2.23. The first kappa shape index (κ1) is 13.7. The van der Waals surface area contributed by atoms with Gasteiger partial charge in [0.1, 0.15) is 0 Å². The molecule has 0 aromatic carbocycles. The van der Waals surface area contributed by atoms with E-state index in [0.29, 0.717) is 16.5 Å². The number of thiazole rings is 1. The zero-order chi connectivity index (χ0) is 13.7. The molecule has 0 saturated carbocycles. The smallest absolute Gasteiger partial charge is 0.226 e. The fourth-order valence-corrected chi connectivity index (χ4v) is 2.28. The van der Waals surface area contributed by atoms with Gasteiger partial charge in [0, 0.05) is 5.38 Å². The lowest BCUT2D eigenvalue weighted by Crippen LogP contribution is -2.40. The number of amides is 1. The van der Waals surface area contributed by atoms with Crippen LogP contribution in [0.3, 0.4) is 0 Å². The predicted molar refractivity (Wildman–Crippen MR) is 69.6 cm³/mol. The van der Waals surface area contributed by atoms with E-state index in [1.807, 2.05) is 0 Å². The summed E-state index contributed by atoms with van der Waals surface area (Å²) in [6, 6.07) is 2.95. The lowest BCUT2D eigenvalue weighted by Gasteiger charge is -2.12. The number of rotatable bonds is 6. The number of furan rings is 1. The average molecular weight is 282 g/mol. The van der Waals surface area contributed by atoms with E-state index in [4.69, 9.17) is 14.6 Å². The van der Waals surface area contributed by atoms with Crippen molar-refractivity contribution in [1.29, 1.82) is 0 Å². The van der Waals surface area contributed by atoms with Crippen LogP contribution in [-0.2, 0) is 11.2 Å². The van der Waals surface area contributed by atoms with Gasteiger partial charge in [-0.15, -0.1) is 11.3 Å². The summed E-state index contributed by atoms with van der Waals surface area (Å²) in [5, 5.41) is 22.7. The van der Waals surface area contributed by atoms with Crippen LogP contribution >= 0.6 is 11.3 Å². The molecular weight excluding hydrogens is 268 g/mol. The predicted octanol–water partition coefficient (Wildman–Crippen LogP) is 0.415. The summed E-state index contributed by atoms with van der Waals surface area (Å²) in [5.41, 5.74) is 0.628. The Morgan fingerprint density at radius 3 is 2.89 bits per heavy atom. The minimum absolute atomic E-state index is 0.105. The van der Waals surface area contributed by atoms with Crippen LogP contribution in [0.2, 0.25) is 0 Å². The van der Waals surface area contributed by atoms with Crippen LogP contribution in [0.5, 0.6) is 0 Å². The summed E-state index contributed by atoms with van der Waals surface area (Å²) >= 11 is 1.40. The van der Waals surface area contributed by atoms with Gasteiger partial charge in [-0.1, -0.05) is 0 Å². The Balaban J connectivity index is 1.95. The van der Waals surface area contributed by atoms with Crippen molar-refractivity contribution in [2.45, 2.75) is 12.5 Å². The van der Waals surface area contributed by atoms with Gasteiger partial charge in [-0.25, -0.2) is 4.98 Å². The molecule has 0 aliphatic rings. The normalized spacial score (nSPS) is 10.9. The molecule has 0 radical (unpaired) electrons. The van der Waals surface area contributed by atoms with Crippen LogP contribution in [0.1, 0.15) is 5.69 Å². The van der Waals surface area contributed by atoms with Gasteiger partial charge >= 0.3 is 0 Å². The third-order valence-corrected chi connectivity index (χ3v) is 3.34. The Hall–Kier alpha value is -1.70. The van der Waals surface area contributed by atoms with Crippen LogP contribution in [-0.4, -0.2) is 40.4 Å². The standard InChI is InChI=1S/C12H14N2O4S/c15-5-9(6-16)13-11(17)4-8-7-19-12(14-8)10-2-1-3-18-10/h1-3,7,9,15-16H,4-6H2,(H,13,17). The fraction of sp³-hybridized carbons (Fsp3) is 0.333. The molecular formula is C12H14N2O4S. The molecule has 0 bridgehead atoms. The van der Waals surface area contributed by atoms with Crippen LogP contribution in [0.25, 0.3) is 10.8 Å². The second-order valence-corrected chi connectivity index (χ2v) is 4.79. The van der Waals surface area contributed by atoms with E-state index in [1.54, 1.807) is 23.8 Å². The van der Waals surface area contributed by atoms with E-state index in [9.17, 15) is 4.79 Å². The molecule has 1 amide bonds. The Morgan fingerprint density at radius 2 is 2.26 bits per heavy atom. The van der Waals surface area contributed by atoms with Crippen molar-refractivity contribution in [3.05, 3.63) is 29.5 Å². The summed E-state index contributed by atoms with van der Waals surface area (Å²) in [6.07, 6.45) is 1.67. The SMILES string of the molecule is O=C(Cc1csc(-c2ccco2)n1)NC(CO)CO. The van der Waals surface area contributed by atoms with E-state index in [2.05, 4.69) is 10.3 Å². The summed E-state index contributed by atoms with van der Waals surface area (Å²) in [5.74, 6) is 0.379. The van der Waals surface area contributed by atoms with Gasteiger partial charge in [-0.3, -0.25) is 4.79 Å². The second-order valence-electron chi connectivity index (χ2n) is 3.93. The molecule has 7 heteroatoms. The molecule has 0 fully saturated rings. The Labute approximate surface area is 113 Å². The molecule has 0 saturated heterocycles. The maximum atomic E-state index is 11.6. The van der Waals surface area contributed by atoms with Crippen molar-refractivity contribution in [3.63, 3.8) is 0 Å². The van der Waals surface area contributed by atoms with Crippen LogP contribution in [0.4, 0.5) is 0 Å². The molecule has 0 spiro atoms. The molecule has 2 aromatic rings. The third kappa shape index (κ3) is 3.63. The highest BCUT2D eigenvalue weighted by molar-refractivity contribution is 7.13. The number of aliphatic hydroxyl groups excluding tert-OH is 2. The molecule has 2 rings (SSSR count). The van der Waals surface area contributed by atoms with Gasteiger partial charge < -0.3 is 19.9 Å². The van der Waals surface area contributed by atoms with Crippen molar-refractivity contribution in [2.24, 2.45) is 0 Å². The third-order valence-electron chi connectivity index (χ3n) is 2.43. The summed E-state index contributed by atoms with van der Waals surface area (Å²) in [7, 11) is 0. The molecule has 2 aromatic heterocycles. The van der Waals surface area contributed by atoms with E-state index in [0.717, 1.165) is 0 Å². The van der Waals surface area contributed by atoms with Gasteiger partial charge in [0.25, 0.3) is 0 Å². The summed E-state index contributed by atoms with van der Waals surface area (Å²) in [6.45, 7) is -0.589. The first-order valence-electron chi connectivity index (χ1n) is 5.72. The molecule has 2 heterocycles. The van der Waals surface area contributed by atoms with Crippen LogP contribution in [0.15, 0.2) is 28.2 Å². The molecule has 0 unspecified atom stereocenters. The minimum atomic E-state index is -0.629. The number of hydrogen-bond donors (Lipinski definition) is 3. The van der Waals surface area contributed by atoms with Crippen molar-refractivity contribution < 1.29 is 19.4 Å². The molecule has 0 aliphatic carbocycles. The maximum Gasteiger partial charge on any atom is 0.226 e. The average Bonchev–Trinajstić information content (AvgIpc) is 3.06.